The molecule has 0 bridgehead atoms. The molecular weight excluding hydrogens is 377 g/mol. The number of ether oxygens (including phenoxy) is 1. The fourth-order valence-electron chi connectivity index (χ4n) is 2.99. The van der Waals surface area contributed by atoms with E-state index in [9.17, 15) is 9.36 Å². The number of rotatable bonds is 8. The number of hydrogen-bond donors (Lipinski definition) is 1. The molecule has 1 N–H and O–H groups in total. The Labute approximate surface area is 165 Å². The Morgan fingerprint density at radius 3 is 2.18 bits per heavy atom. The van der Waals surface area contributed by atoms with Gasteiger partial charge in [-0.25, -0.2) is 4.57 Å². The third-order valence-electron chi connectivity index (χ3n) is 4.51. The van der Waals surface area contributed by atoms with Gasteiger partial charge in [-0.05, 0) is 63.8 Å². The van der Waals surface area contributed by atoms with Gasteiger partial charge >= 0.3 is 13.7 Å². The van der Waals surface area contributed by atoms with Crippen LogP contribution in [0.5, 0.6) is 11.5 Å². The summed E-state index contributed by atoms with van der Waals surface area (Å²) in [6.07, 6.45) is 3.80. The maximum Gasteiger partial charge on any atom is 0.513 e. The van der Waals surface area contributed by atoms with Crippen molar-refractivity contribution in [3.8, 4) is 11.5 Å². The maximum atomic E-state index is 13.4. The quantitative estimate of drug-likeness (QED) is 0.493. The first kappa shape index (κ1) is 20.4. The Morgan fingerprint density at radius 2 is 1.57 bits per heavy atom. The van der Waals surface area contributed by atoms with E-state index in [1.54, 1.807) is 43.3 Å². The SMILES string of the molecule is Cc1ccc(O[P@@](=O)(N[C@@H](C)C(=O)OC2CCCC2)Oc2ccccc2)cc1. The van der Waals surface area contributed by atoms with E-state index in [1.165, 1.54) is 0 Å². The summed E-state index contributed by atoms with van der Waals surface area (Å²) in [5.41, 5.74) is 1.05. The zero-order chi connectivity index (χ0) is 20.0. The second-order valence-electron chi connectivity index (χ2n) is 7.00. The molecule has 0 spiro atoms. The van der Waals surface area contributed by atoms with Crippen molar-refractivity contribution in [2.24, 2.45) is 0 Å². The van der Waals surface area contributed by atoms with Crippen molar-refractivity contribution in [3.05, 3.63) is 60.2 Å². The molecule has 0 radical (unpaired) electrons. The van der Waals surface area contributed by atoms with E-state index < -0.39 is 19.8 Å². The molecule has 2 aromatic carbocycles. The van der Waals surface area contributed by atoms with Crippen LogP contribution in [0.15, 0.2) is 54.6 Å². The average molecular weight is 403 g/mol. The number of hydrogen-bond acceptors (Lipinski definition) is 5. The largest absolute Gasteiger partial charge is 0.513 e. The number of aryl methyl sites for hydroxylation is 1. The summed E-state index contributed by atoms with van der Waals surface area (Å²) in [6, 6.07) is 15.0. The van der Waals surface area contributed by atoms with E-state index in [-0.39, 0.29) is 6.10 Å². The molecule has 0 heterocycles. The van der Waals surface area contributed by atoms with Crippen LogP contribution in [0.2, 0.25) is 0 Å². The number of esters is 1. The standard InChI is InChI=1S/C21H26NO5P/c1-16-12-14-20(15-13-16)27-28(24,26-19-10-4-3-5-11-19)22-17(2)21(23)25-18-8-6-7-9-18/h3-5,10-15,17-18H,6-9H2,1-2H3,(H,22,24)/t17-,28+/m0/s1. The predicted molar refractivity (Wildman–Crippen MR) is 107 cm³/mol. The van der Waals surface area contributed by atoms with Crippen molar-refractivity contribution in [1.29, 1.82) is 0 Å². The van der Waals surface area contributed by atoms with E-state index in [0.29, 0.717) is 11.5 Å². The van der Waals surface area contributed by atoms with Gasteiger partial charge in [0.05, 0.1) is 0 Å². The van der Waals surface area contributed by atoms with Crippen LogP contribution in [0.25, 0.3) is 0 Å². The normalized spacial score (nSPS) is 17.5. The molecule has 28 heavy (non-hydrogen) atoms. The summed E-state index contributed by atoms with van der Waals surface area (Å²) < 4.78 is 30.2. The Hall–Kier alpha value is -2.30. The van der Waals surface area contributed by atoms with Crippen LogP contribution in [0.1, 0.15) is 38.2 Å². The smallest absolute Gasteiger partial charge is 0.461 e. The van der Waals surface area contributed by atoms with Gasteiger partial charge in [0.15, 0.2) is 0 Å². The van der Waals surface area contributed by atoms with Gasteiger partial charge in [0.25, 0.3) is 0 Å². The first-order valence-corrected chi connectivity index (χ1v) is 11.1. The molecule has 0 saturated heterocycles. The van der Waals surface area contributed by atoms with Crippen LogP contribution in [0.3, 0.4) is 0 Å². The fourth-order valence-corrected chi connectivity index (χ4v) is 4.51. The fraction of sp³-hybridized carbons (Fsp3) is 0.381. The van der Waals surface area contributed by atoms with E-state index in [2.05, 4.69) is 5.09 Å². The predicted octanol–water partition coefficient (Wildman–Crippen LogP) is 5.02. The van der Waals surface area contributed by atoms with E-state index in [4.69, 9.17) is 13.8 Å². The first-order valence-electron chi connectivity index (χ1n) is 9.53. The Morgan fingerprint density at radius 1 is 1.00 bits per heavy atom. The number of nitrogens with one attached hydrogen (secondary N) is 1. The molecule has 0 amide bonds. The van der Waals surface area contributed by atoms with Crippen molar-refractivity contribution in [1.82, 2.24) is 5.09 Å². The van der Waals surface area contributed by atoms with Gasteiger partial charge in [-0.1, -0.05) is 35.9 Å². The monoisotopic (exact) mass is 403 g/mol. The van der Waals surface area contributed by atoms with Crippen molar-refractivity contribution >= 4 is 13.7 Å². The molecule has 1 aliphatic rings. The molecule has 0 unspecified atom stereocenters. The summed E-state index contributed by atoms with van der Waals surface area (Å²) in [5, 5.41) is 2.72. The van der Waals surface area contributed by atoms with Crippen molar-refractivity contribution in [2.75, 3.05) is 0 Å². The van der Waals surface area contributed by atoms with Crippen molar-refractivity contribution < 1.29 is 23.1 Å². The highest BCUT2D eigenvalue weighted by molar-refractivity contribution is 7.52. The van der Waals surface area contributed by atoms with Gasteiger partial charge in [-0.2, -0.15) is 5.09 Å². The molecule has 6 nitrogen and oxygen atoms in total. The van der Waals surface area contributed by atoms with Gasteiger partial charge in [-0.3, -0.25) is 4.79 Å². The van der Waals surface area contributed by atoms with Crippen LogP contribution in [-0.2, 0) is 14.1 Å². The summed E-state index contributed by atoms with van der Waals surface area (Å²) in [7, 11) is -3.88. The summed E-state index contributed by atoms with van der Waals surface area (Å²) in [4.78, 5) is 12.4. The third-order valence-corrected chi connectivity index (χ3v) is 6.11. The lowest BCUT2D eigenvalue weighted by Crippen LogP contribution is -2.37. The van der Waals surface area contributed by atoms with E-state index in [1.807, 2.05) is 25.1 Å². The van der Waals surface area contributed by atoms with Crippen molar-refractivity contribution in [2.45, 2.75) is 51.7 Å². The highest BCUT2D eigenvalue weighted by Gasteiger charge is 2.34. The van der Waals surface area contributed by atoms with Crippen LogP contribution < -0.4 is 14.1 Å². The highest BCUT2D eigenvalue weighted by atomic mass is 31.2. The molecule has 0 aliphatic heterocycles. The molecule has 2 atom stereocenters. The second-order valence-corrected chi connectivity index (χ2v) is 8.62. The minimum absolute atomic E-state index is 0.0656. The number of benzene rings is 2. The minimum Gasteiger partial charge on any atom is -0.461 e. The highest BCUT2D eigenvalue weighted by Crippen LogP contribution is 2.45. The number of para-hydroxylation sites is 1. The van der Waals surface area contributed by atoms with Crippen molar-refractivity contribution in [3.63, 3.8) is 0 Å². The van der Waals surface area contributed by atoms with Gasteiger partial charge in [0.1, 0.15) is 23.6 Å². The minimum atomic E-state index is -3.88. The van der Waals surface area contributed by atoms with Crippen LogP contribution >= 0.6 is 7.75 Å². The molecule has 1 aliphatic carbocycles. The van der Waals surface area contributed by atoms with Crippen LogP contribution in [0, 0.1) is 6.92 Å². The second kappa shape index (κ2) is 9.26. The van der Waals surface area contributed by atoms with Gasteiger partial charge in [0.2, 0.25) is 0 Å². The van der Waals surface area contributed by atoms with Gasteiger partial charge < -0.3 is 13.8 Å². The third kappa shape index (κ3) is 5.85. The summed E-state index contributed by atoms with van der Waals surface area (Å²) in [6.45, 7) is 3.54. The molecule has 2 aromatic rings. The van der Waals surface area contributed by atoms with Gasteiger partial charge in [-0.15, -0.1) is 0 Å². The summed E-state index contributed by atoms with van der Waals surface area (Å²) in [5.74, 6) is 0.298. The molecule has 150 valence electrons. The number of carbonyl (C=O) groups is 1. The Kier molecular flexibility index (Phi) is 6.76. The molecule has 3 rings (SSSR count). The molecule has 0 aromatic heterocycles. The topological polar surface area (TPSA) is 73.9 Å². The maximum absolute atomic E-state index is 13.4. The Balaban J connectivity index is 1.73. The molecular formula is C21H26NO5P. The lowest BCUT2D eigenvalue weighted by molar-refractivity contribution is -0.150. The lowest BCUT2D eigenvalue weighted by atomic mass is 10.2. The molecule has 7 heteroatoms. The van der Waals surface area contributed by atoms with E-state index in [0.717, 1.165) is 31.2 Å². The average Bonchev–Trinajstić information content (AvgIpc) is 3.17. The van der Waals surface area contributed by atoms with Crippen LogP contribution in [0.4, 0.5) is 0 Å². The Bertz CT molecular complexity index is 818. The first-order chi connectivity index (χ1) is 13.4. The molecule has 1 saturated carbocycles. The van der Waals surface area contributed by atoms with E-state index >= 15 is 0 Å². The zero-order valence-electron chi connectivity index (χ0n) is 16.2. The molecule has 1 fully saturated rings. The lowest BCUT2D eigenvalue weighted by Gasteiger charge is -2.24. The number of carbonyl (C=O) groups excluding carboxylic acids is 1. The van der Waals surface area contributed by atoms with Gasteiger partial charge in [0, 0.05) is 0 Å². The zero-order valence-corrected chi connectivity index (χ0v) is 17.1. The summed E-state index contributed by atoms with van der Waals surface area (Å²) >= 11 is 0. The van der Waals surface area contributed by atoms with Crippen LogP contribution in [-0.4, -0.2) is 18.1 Å².